The predicted octanol–water partition coefficient (Wildman–Crippen LogP) is 6.43. The van der Waals surface area contributed by atoms with E-state index in [-0.39, 0.29) is 16.8 Å². The number of para-hydroxylation sites is 2. The van der Waals surface area contributed by atoms with E-state index in [9.17, 15) is 4.39 Å². The number of hydrogen-bond acceptors (Lipinski definition) is 0. The molecular formula is C26H30FN2+. The quantitative estimate of drug-likeness (QED) is 0.349. The van der Waals surface area contributed by atoms with E-state index >= 15 is 0 Å². The lowest BCUT2D eigenvalue weighted by molar-refractivity contribution is -0.721. The lowest BCUT2D eigenvalue weighted by Gasteiger charge is -2.28. The average molecular weight is 390 g/mol. The second kappa shape index (κ2) is 6.04. The van der Waals surface area contributed by atoms with E-state index in [1.165, 1.54) is 27.8 Å². The van der Waals surface area contributed by atoms with E-state index in [4.69, 9.17) is 0 Å². The Hall–Kier alpha value is -2.42. The highest BCUT2D eigenvalue weighted by Gasteiger charge is 2.42. The predicted molar refractivity (Wildman–Crippen MR) is 118 cm³/mol. The molecule has 5 rings (SSSR count). The maximum Gasteiger partial charge on any atom is 0.296 e. The third-order valence-electron chi connectivity index (χ3n) is 7.18. The van der Waals surface area contributed by atoms with Crippen molar-refractivity contribution in [2.45, 2.75) is 71.3 Å². The number of imidazole rings is 1. The molecule has 3 heterocycles. The normalized spacial score (nSPS) is 16.2. The van der Waals surface area contributed by atoms with Crippen molar-refractivity contribution in [1.82, 2.24) is 4.40 Å². The highest BCUT2D eigenvalue weighted by atomic mass is 19.1. The molecule has 2 nitrogen and oxygen atoms in total. The Labute approximate surface area is 172 Å². The molecule has 0 atom stereocenters. The van der Waals surface area contributed by atoms with E-state index in [0.29, 0.717) is 0 Å². The van der Waals surface area contributed by atoms with Crippen LogP contribution in [0.1, 0.15) is 65.1 Å². The van der Waals surface area contributed by atoms with Crippen LogP contribution < -0.4 is 4.57 Å². The lowest BCUT2D eigenvalue weighted by Crippen LogP contribution is -2.55. The first-order chi connectivity index (χ1) is 13.8. The largest absolute Gasteiger partial charge is 0.296 e. The van der Waals surface area contributed by atoms with Gasteiger partial charge in [-0.25, -0.2) is 8.96 Å². The number of nitrogens with zero attached hydrogens (tertiary/aromatic N) is 2. The van der Waals surface area contributed by atoms with Gasteiger partial charge in [0.15, 0.2) is 11.0 Å². The van der Waals surface area contributed by atoms with Gasteiger partial charge >= 0.3 is 0 Å². The van der Waals surface area contributed by atoms with Crippen LogP contribution in [0.2, 0.25) is 0 Å². The van der Waals surface area contributed by atoms with Gasteiger partial charge in [0, 0.05) is 5.41 Å². The van der Waals surface area contributed by atoms with Gasteiger partial charge in [-0.3, -0.25) is 0 Å². The fraction of sp³-hybridized carbons (Fsp3) is 0.423. The number of halogens is 1. The summed E-state index contributed by atoms with van der Waals surface area (Å²) in [5.74, 6) is -0.125. The van der Waals surface area contributed by atoms with Gasteiger partial charge in [0.25, 0.3) is 5.65 Å². The summed E-state index contributed by atoms with van der Waals surface area (Å²) in [5, 5.41) is 2.25. The first kappa shape index (κ1) is 18.6. The lowest BCUT2D eigenvalue weighted by atomic mass is 9.86. The van der Waals surface area contributed by atoms with Crippen molar-refractivity contribution in [2.75, 3.05) is 0 Å². The molecule has 4 aromatic rings. The molecule has 0 aliphatic carbocycles. The fourth-order valence-corrected chi connectivity index (χ4v) is 5.55. The number of rotatable bonds is 2. The van der Waals surface area contributed by atoms with Gasteiger partial charge in [-0.1, -0.05) is 46.8 Å². The van der Waals surface area contributed by atoms with Crippen LogP contribution in [0.25, 0.3) is 27.5 Å². The Morgan fingerprint density at radius 2 is 1.79 bits per heavy atom. The van der Waals surface area contributed by atoms with Crippen LogP contribution >= 0.6 is 0 Å². The Bertz CT molecular complexity index is 1270. The summed E-state index contributed by atoms with van der Waals surface area (Å²) < 4.78 is 19.7. The molecular weight excluding hydrogens is 359 g/mol. The summed E-state index contributed by atoms with van der Waals surface area (Å²) >= 11 is 0. The van der Waals surface area contributed by atoms with Crippen LogP contribution in [0.4, 0.5) is 4.39 Å². The molecule has 1 aliphatic rings. The fourth-order valence-electron chi connectivity index (χ4n) is 5.55. The summed E-state index contributed by atoms with van der Waals surface area (Å²) in [7, 11) is 0. The van der Waals surface area contributed by atoms with Crippen molar-refractivity contribution in [1.29, 1.82) is 0 Å². The average Bonchev–Trinajstić information content (AvgIpc) is 2.95. The minimum Gasteiger partial charge on any atom is -0.217 e. The molecule has 0 spiro atoms. The van der Waals surface area contributed by atoms with Gasteiger partial charge in [-0.05, 0) is 67.0 Å². The summed E-state index contributed by atoms with van der Waals surface area (Å²) in [6.07, 6.45) is 4.08. The molecule has 0 saturated heterocycles. The first-order valence-corrected chi connectivity index (χ1v) is 10.9. The number of aromatic nitrogens is 2. The maximum absolute atomic E-state index is 14.6. The number of benzene rings is 2. The second-order valence-electron chi connectivity index (χ2n) is 9.72. The minimum absolute atomic E-state index is 0.0350. The smallest absolute Gasteiger partial charge is 0.217 e. The Balaban J connectivity index is 2.16. The van der Waals surface area contributed by atoms with E-state index in [2.05, 4.69) is 73.9 Å². The van der Waals surface area contributed by atoms with Gasteiger partial charge < -0.3 is 0 Å². The van der Waals surface area contributed by atoms with E-state index in [0.717, 1.165) is 36.6 Å². The number of fused-ring (bicyclic) bond motifs is 3. The van der Waals surface area contributed by atoms with Crippen molar-refractivity contribution in [2.24, 2.45) is 0 Å². The first-order valence-electron chi connectivity index (χ1n) is 10.9. The zero-order valence-corrected chi connectivity index (χ0v) is 18.1. The molecule has 0 fully saturated rings. The van der Waals surface area contributed by atoms with Crippen molar-refractivity contribution < 1.29 is 8.96 Å². The Morgan fingerprint density at radius 3 is 2.48 bits per heavy atom. The van der Waals surface area contributed by atoms with Gasteiger partial charge in [-0.2, -0.15) is 4.40 Å². The summed E-state index contributed by atoms with van der Waals surface area (Å²) in [5.41, 5.74) is 6.12. The number of hydrogen-bond donors (Lipinski definition) is 0. The number of aryl methyl sites for hydroxylation is 1. The van der Waals surface area contributed by atoms with E-state index in [1.807, 2.05) is 0 Å². The van der Waals surface area contributed by atoms with E-state index in [1.54, 1.807) is 12.1 Å². The molecule has 0 radical (unpaired) electrons. The maximum atomic E-state index is 14.6. The molecule has 0 bridgehead atoms. The van der Waals surface area contributed by atoms with Crippen LogP contribution in [0.3, 0.4) is 0 Å². The summed E-state index contributed by atoms with van der Waals surface area (Å²) in [6.45, 7) is 11.4. The van der Waals surface area contributed by atoms with Crippen LogP contribution in [-0.4, -0.2) is 4.40 Å². The van der Waals surface area contributed by atoms with Gasteiger partial charge in [-0.15, -0.1) is 0 Å². The van der Waals surface area contributed by atoms with Crippen LogP contribution in [0.15, 0.2) is 42.5 Å². The van der Waals surface area contributed by atoms with Crippen LogP contribution in [0.5, 0.6) is 0 Å². The second-order valence-corrected chi connectivity index (χ2v) is 9.72. The van der Waals surface area contributed by atoms with Crippen molar-refractivity contribution >= 4 is 27.5 Å². The Morgan fingerprint density at radius 1 is 1.07 bits per heavy atom. The molecule has 0 N–H and O–H groups in total. The molecule has 0 amide bonds. The molecule has 150 valence electrons. The molecule has 1 aliphatic heterocycles. The topological polar surface area (TPSA) is 8.29 Å². The third kappa shape index (κ3) is 2.43. The monoisotopic (exact) mass is 389 g/mol. The molecule has 2 aromatic heterocycles. The van der Waals surface area contributed by atoms with Crippen LogP contribution in [-0.2, 0) is 17.4 Å². The molecule has 29 heavy (non-hydrogen) atoms. The van der Waals surface area contributed by atoms with Crippen LogP contribution in [0, 0.1) is 5.82 Å². The van der Waals surface area contributed by atoms with Gasteiger partial charge in [0.2, 0.25) is 0 Å². The minimum atomic E-state index is -0.125. The molecule has 0 unspecified atom stereocenters. The molecule has 0 saturated carbocycles. The van der Waals surface area contributed by atoms with E-state index < -0.39 is 0 Å². The zero-order chi connectivity index (χ0) is 20.6. The SMILES string of the molecule is CCC1(CC)CCc2cc(F)cc3cc(C(C)(C)C)n4c5ccccc5[n+]1c4c23. The number of pyridine rings is 1. The Kier molecular flexibility index (Phi) is 3.87. The molecule has 3 heteroatoms. The van der Waals surface area contributed by atoms with Crippen molar-refractivity contribution in [3.8, 4) is 0 Å². The third-order valence-corrected chi connectivity index (χ3v) is 7.18. The molecule has 2 aromatic carbocycles. The summed E-state index contributed by atoms with van der Waals surface area (Å²) in [4.78, 5) is 0. The van der Waals surface area contributed by atoms with Crippen molar-refractivity contribution in [3.63, 3.8) is 0 Å². The van der Waals surface area contributed by atoms with Crippen molar-refractivity contribution in [3.05, 3.63) is 59.5 Å². The standard InChI is InChI=1S/C26H30FN2/c1-6-26(7-2)13-12-17-14-19(27)15-18-16-22(25(3,4)5)28-20-10-8-9-11-21(20)29(26)24(28)23(17)18/h8-11,14-16H,6-7,12-13H2,1-5H3/q+1. The summed E-state index contributed by atoms with van der Waals surface area (Å²) in [6, 6.07) is 14.5. The zero-order valence-electron chi connectivity index (χ0n) is 18.1. The van der Waals surface area contributed by atoms with Gasteiger partial charge in [0.1, 0.15) is 17.1 Å². The highest BCUT2D eigenvalue weighted by Crippen LogP contribution is 2.40. The highest BCUT2D eigenvalue weighted by molar-refractivity contribution is 5.99. The van der Waals surface area contributed by atoms with Gasteiger partial charge in [0.05, 0.1) is 5.39 Å².